The third-order valence-corrected chi connectivity index (χ3v) is 6.52. The monoisotopic (exact) mass is 508 g/mol. The number of benzene rings is 2. The van der Waals surface area contributed by atoms with Crippen LogP contribution in [-0.4, -0.2) is 38.2 Å². The maximum absolute atomic E-state index is 5.71. The predicted octanol–water partition coefficient (Wildman–Crippen LogP) is 5.98. The predicted molar refractivity (Wildman–Crippen MR) is 135 cm³/mol. The van der Waals surface area contributed by atoms with Crippen LogP contribution >= 0.6 is 15.9 Å². The number of fused-ring (bicyclic) bond motifs is 1. The molecular weight excluding hydrogens is 480 g/mol. The molecule has 2 aromatic carbocycles. The summed E-state index contributed by atoms with van der Waals surface area (Å²) in [5.74, 6) is 1.73. The molecule has 2 heterocycles. The fourth-order valence-electron chi connectivity index (χ4n) is 3.83. The standard InChI is InChI=1S/C25H29BrN6O/c1-15(2)19-11-12-21(20(26)14-19)29-24-23-25(28-17(4)27-24)32(31-30-23)22(16(3)33-5)13-18-9-7-6-8-10-18/h6-12,14-16,22H,13H2,1-5H3,(H,27,28,29)/t16-,22?/m0/s1. The normalized spacial score (nSPS) is 13.4. The molecule has 0 radical (unpaired) electrons. The Bertz CT molecular complexity index is 1240. The first-order valence-corrected chi connectivity index (χ1v) is 11.9. The van der Waals surface area contributed by atoms with Crippen LogP contribution in [0.5, 0.6) is 0 Å². The molecule has 4 rings (SSSR count). The lowest BCUT2D eigenvalue weighted by Crippen LogP contribution is -2.27. The number of ether oxygens (including phenoxy) is 1. The third kappa shape index (κ3) is 5.07. The average molecular weight is 509 g/mol. The summed E-state index contributed by atoms with van der Waals surface area (Å²) in [4.78, 5) is 9.32. The molecule has 4 aromatic rings. The van der Waals surface area contributed by atoms with Gasteiger partial charge in [0.15, 0.2) is 17.0 Å². The average Bonchev–Trinajstić information content (AvgIpc) is 3.22. The second-order valence-electron chi connectivity index (χ2n) is 8.54. The highest BCUT2D eigenvalue weighted by Crippen LogP contribution is 2.32. The Morgan fingerprint density at radius 2 is 1.82 bits per heavy atom. The Morgan fingerprint density at radius 3 is 2.48 bits per heavy atom. The lowest BCUT2D eigenvalue weighted by molar-refractivity contribution is 0.0670. The zero-order valence-electron chi connectivity index (χ0n) is 19.6. The molecule has 0 fully saturated rings. The number of methoxy groups -OCH3 is 1. The van der Waals surface area contributed by atoms with Crippen molar-refractivity contribution in [3.63, 3.8) is 0 Å². The molecule has 2 aromatic heterocycles. The summed E-state index contributed by atoms with van der Waals surface area (Å²) in [6.07, 6.45) is 0.669. The van der Waals surface area contributed by atoms with Crippen molar-refractivity contribution in [1.82, 2.24) is 25.0 Å². The number of aryl methyl sites for hydroxylation is 1. The van der Waals surface area contributed by atoms with E-state index in [1.165, 1.54) is 11.1 Å². The van der Waals surface area contributed by atoms with E-state index >= 15 is 0 Å². The second kappa shape index (κ2) is 9.97. The maximum Gasteiger partial charge on any atom is 0.184 e. The first kappa shape index (κ1) is 23.3. The largest absolute Gasteiger partial charge is 0.380 e. The Kier molecular flexibility index (Phi) is 7.05. The summed E-state index contributed by atoms with van der Waals surface area (Å²) in [6, 6.07) is 16.6. The van der Waals surface area contributed by atoms with E-state index in [0.717, 1.165) is 16.6 Å². The van der Waals surface area contributed by atoms with Gasteiger partial charge in [-0.3, -0.25) is 0 Å². The number of hydrogen-bond acceptors (Lipinski definition) is 6. The van der Waals surface area contributed by atoms with Gasteiger partial charge in [-0.15, -0.1) is 5.10 Å². The number of aromatic nitrogens is 5. The van der Waals surface area contributed by atoms with Gasteiger partial charge < -0.3 is 10.1 Å². The minimum atomic E-state index is -0.0838. The first-order chi connectivity index (χ1) is 15.9. The van der Waals surface area contributed by atoms with Gasteiger partial charge in [0.25, 0.3) is 0 Å². The molecule has 0 aliphatic heterocycles. The summed E-state index contributed by atoms with van der Waals surface area (Å²) in [6.45, 7) is 8.28. The van der Waals surface area contributed by atoms with E-state index in [4.69, 9.17) is 9.72 Å². The Balaban J connectivity index is 1.74. The van der Waals surface area contributed by atoms with Crippen molar-refractivity contribution in [2.75, 3.05) is 12.4 Å². The van der Waals surface area contributed by atoms with Gasteiger partial charge in [-0.2, -0.15) is 0 Å². The van der Waals surface area contributed by atoms with Gasteiger partial charge in [0.05, 0.1) is 17.8 Å². The van der Waals surface area contributed by atoms with Crippen LogP contribution in [0.4, 0.5) is 11.5 Å². The molecule has 0 amide bonds. The van der Waals surface area contributed by atoms with Crippen LogP contribution in [0.25, 0.3) is 11.2 Å². The number of nitrogens with one attached hydrogen (secondary N) is 1. The molecule has 1 unspecified atom stereocenters. The third-order valence-electron chi connectivity index (χ3n) is 5.86. The lowest BCUT2D eigenvalue weighted by Gasteiger charge is -2.23. The summed E-state index contributed by atoms with van der Waals surface area (Å²) >= 11 is 3.69. The molecule has 7 nitrogen and oxygen atoms in total. The minimum absolute atomic E-state index is 0.0680. The molecule has 0 aliphatic rings. The fraction of sp³-hybridized carbons (Fsp3) is 0.360. The van der Waals surface area contributed by atoms with Crippen molar-refractivity contribution in [3.8, 4) is 0 Å². The number of halogens is 1. The van der Waals surface area contributed by atoms with Crippen molar-refractivity contribution >= 4 is 38.6 Å². The van der Waals surface area contributed by atoms with E-state index < -0.39 is 0 Å². The molecule has 0 spiro atoms. The zero-order chi connectivity index (χ0) is 23.5. The molecule has 0 saturated carbocycles. The van der Waals surface area contributed by atoms with Crippen LogP contribution in [0.15, 0.2) is 53.0 Å². The molecule has 33 heavy (non-hydrogen) atoms. The maximum atomic E-state index is 5.71. The molecule has 0 bridgehead atoms. The summed E-state index contributed by atoms with van der Waals surface area (Å²) in [5, 5.41) is 12.4. The molecule has 8 heteroatoms. The molecule has 0 aliphatic carbocycles. The highest BCUT2D eigenvalue weighted by Gasteiger charge is 2.25. The van der Waals surface area contributed by atoms with Gasteiger partial charge in [0.2, 0.25) is 0 Å². The SMILES string of the molecule is CO[C@@H](C)C(Cc1ccccc1)n1nnc2c(Nc3ccc(C(C)C)cc3Br)nc(C)nc21. The highest BCUT2D eigenvalue weighted by molar-refractivity contribution is 9.10. The van der Waals surface area contributed by atoms with Gasteiger partial charge in [-0.1, -0.05) is 55.5 Å². The van der Waals surface area contributed by atoms with E-state index in [1.54, 1.807) is 7.11 Å². The number of nitrogens with zero attached hydrogens (tertiary/aromatic N) is 5. The second-order valence-corrected chi connectivity index (χ2v) is 9.40. The molecule has 2 atom stereocenters. The van der Waals surface area contributed by atoms with Gasteiger partial charge in [0, 0.05) is 11.6 Å². The van der Waals surface area contributed by atoms with Crippen LogP contribution in [0.3, 0.4) is 0 Å². The summed E-state index contributed by atoms with van der Waals surface area (Å²) in [7, 11) is 1.72. The van der Waals surface area contributed by atoms with Crippen LogP contribution in [0, 0.1) is 6.92 Å². The van der Waals surface area contributed by atoms with Gasteiger partial charge in [0.1, 0.15) is 5.82 Å². The van der Waals surface area contributed by atoms with E-state index in [9.17, 15) is 0 Å². The summed E-state index contributed by atoms with van der Waals surface area (Å²) < 4.78 is 8.55. The highest BCUT2D eigenvalue weighted by atomic mass is 79.9. The van der Waals surface area contributed by atoms with Gasteiger partial charge in [-0.25, -0.2) is 14.6 Å². The van der Waals surface area contributed by atoms with Crippen LogP contribution in [0.1, 0.15) is 49.7 Å². The summed E-state index contributed by atoms with van der Waals surface area (Å²) in [5.41, 5.74) is 4.69. The number of hydrogen-bond donors (Lipinski definition) is 1. The Labute approximate surface area is 202 Å². The lowest BCUT2D eigenvalue weighted by atomic mass is 10.0. The van der Waals surface area contributed by atoms with Crippen LogP contribution < -0.4 is 5.32 Å². The smallest absolute Gasteiger partial charge is 0.184 e. The van der Waals surface area contributed by atoms with E-state index in [2.05, 4.69) is 80.7 Å². The van der Waals surface area contributed by atoms with E-state index in [-0.39, 0.29) is 12.1 Å². The molecule has 172 valence electrons. The van der Waals surface area contributed by atoms with Gasteiger partial charge >= 0.3 is 0 Å². The van der Waals surface area contributed by atoms with Gasteiger partial charge in [-0.05, 0) is 65.4 Å². The molecule has 0 saturated heterocycles. The minimum Gasteiger partial charge on any atom is -0.380 e. The zero-order valence-corrected chi connectivity index (χ0v) is 21.2. The fourth-order valence-corrected chi connectivity index (χ4v) is 4.33. The number of anilines is 2. The van der Waals surface area contributed by atoms with Crippen LogP contribution in [-0.2, 0) is 11.2 Å². The van der Waals surface area contributed by atoms with Crippen molar-refractivity contribution in [2.24, 2.45) is 0 Å². The van der Waals surface area contributed by atoms with Crippen molar-refractivity contribution in [3.05, 3.63) is 70.0 Å². The number of rotatable bonds is 8. The quantitative estimate of drug-likeness (QED) is 0.315. The Morgan fingerprint density at radius 1 is 1.06 bits per heavy atom. The van der Waals surface area contributed by atoms with E-state index in [0.29, 0.717) is 28.7 Å². The topological polar surface area (TPSA) is 77.8 Å². The van der Waals surface area contributed by atoms with E-state index in [1.807, 2.05) is 36.7 Å². The Hall–Kier alpha value is -2.84. The van der Waals surface area contributed by atoms with Crippen molar-refractivity contribution in [1.29, 1.82) is 0 Å². The molecular formula is C25H29BrN6O. The first-order valence-electron chi connectivity index (χ1n) is 11.1. The van der Waals surface area contributed by atoms with Crippen LogP contribution in [0.2, 0.25) is 0 Å². The van der Waals surface area contributed by atoms with Crippen molar-refractivity contribution < 1.29 is 4.74 Å². The van der Waals surface area contributed by atoms with Crippen molar-refractivity contribution in [2.45, 2.75) is 52.2 Å². The molecule has 1 N–H and O–H groups in total.